The summed E-state index contributed by atoms with van der Waals surface area (Å²) < 4.78 is 5.33. The molecule has 33 heavy (non-hydrogen) atoms. The van der Waals surface area contributed by atoms with E-state index in [4.69, 9.17) is 4.74 Å². The zero-order chi connectivity index (χ0) is 22.8. The summed E-state index contributed by atoms with van der Waals surface area (Å²) >= 11 is 0. The molecule has 1 unspecified atom stereocenters. The van der Waals surface area contributed by atoms with Crippen molar-refractivity contribution in [2.75, 3.05) is 57.8 Å². The van der Waals surface area contributed by atoms with Gasteiger partial charge in [0.1, 0.15) is 17.9 Å². The normalized spacial score (nSPS) is 21.8. The Morgan fingerprint density at radius 1 is 1.06 bits per heavy atom. The number of nitrogens with zero attached hydrogens (tertiary/aromatic N) is 5. The first-order valence-electron chi connectivity index (χ1n) is 12.4. The molecule has 5 rings (SSSR count). The molecule has 2 atom stereocenters. The van der Waals surface area contributed by atoms with E-state index < -0.39 is 0 Å². The number of aryl methyl sites for hydroxylation is 1. The fourth-order valence-electron chi connectivity index (χ4n) is 5.62. The molecule has 1 aliphatic carbocycles. The Morgan fingerprint density at radius 3 is 2.48 bits per heavy atom. The first-order valence-corrected chi connectivity index (χ1v) is 12.4. The number of anilines is 1. The lowest BCUT2D eigenvalue weighted by Gasteiger charge is -2.38. The van der Waals surface area contributed by atoms with E-state index in [1.165, 1.54) is 24.1 Å². The van der Waals surface area contributed by atoms with E-state index in [2.05, 4.69) is 43.7 Å². The number of amides is 1. The van der Waals surface area contributed by atoms with E-state index >= 15 is 0 Å². The number of carbonyl (C=O) groups excluding carboxylic acids is 1. The van der Waals surface area contributed by atoms with Gasteiger partial charge in [-0.2, -0.15) is 0 Å². The summed E-state index contributed by atoms with van der Waals surface area (Å²) in [6.07, 6.45) is 6.36. The van der Waals surface area contributed by atoms with Gasteiger partial charge in [0.25, 0.3) is 0 Å². The van der Waals surface area contributed by atoms with E-state index in [1.807, 2.05) is 12.1 Å². The average molecular weight is 450 g/mol. The largest absolute Gasteiger partial charge is 0.497 e. The van der Waals surface area contributed by atoms with Gasteiger partial charge in [-0.05, 0) is 62.4 Å². The SMILES string of the molecule is COc1ccc(C(CN2CCCC2)C(=O)N2CCN(c3ncnc4c3[C@H](C)CC4)CC2)cc1. The van der Waals surface area contributed by atoms with E-state index in [-0.39, 0.29) is 11.8 Å². The number of benzene rings is 1. The molecule has 0 spiro atoms. The third-order valence-electron chi connectivity index (χ3n) is 7.60. The predicted octanol–water partition coefficient (Wildman–Crippen LogP) is 3.06. The summed E-state index contributed by atoms with van der Waals surface area (Å²) in [6.45, 7) is 8.35. The fourth-order valence-corrected chi connectivity index (χ4v) is 5.62. The maximum absolute atomic E-state index is 13.7. The zero-order valence-corrected chi connectivity index (χ0v) is 19.9. The molecule has 3 heterocycles. The number of rotatable bonds is 6. The van der Waals surface area contributed by atoms with Crippen LogP contribution in [0.3, 0.4) is 0 Å². The minimum atomic E-state index is -0.135. The molecule has 2 aliphatic heterocycles. The molecule has 7 nitrogen and oxygen atoms in total. The van der Waals surface area contributed by atoms with Crippen LogP contribution in [0.5, 0.6) is 5.75 Å². The van der Waals surface area contributed by atoms with E-state index in [0.717, 1.165) is 75.8 Å². The minimum absolute atomic E-state index is 0.135. The van der Waals surface area contributed by atoms with Gasteiger partial charge in [-0.1, -0.05) is 19.1 Å². The van der Waals surface area contributed by atoms with E-state index in [0.29, 0.717) is 5.92 Å². The van der Waals surface area contributed by atoms with Crippen molar-refractivity contribution < 1.29 is 9.53 Å². The van der Waals surface area contributed by atoms with Crippen LogP contribution in [0.2, 0.25) is 0 Å². The van der Waals surface area contributed by atoms with Gasteiger partial charge < -0.3 is 19.4 Å². The summed E-state index contributed by atoms with van der Waals surface area (Å²) in [7, 11) is 1.68. The van der Waals surface area contributed by atoms with Crippen LogP contribution in [0.25, 0.3) is 0 Å². The number of aromatic nitrogens is 2. The highest BCUT2D eigenvalue weighted by Gasteiger charge is 2.33. The third kappa shape index (κ3) is 4.56. The van der Waals surface area contributed by atoms with Crippen LogP contribution in [-0.4, -0.2) is 78.6 Å². The molecule has 176 valence electrons. The highest BCUT2D eigenvalue weighted by atomic mass is 16.5. The Kier molecular flexibility index (Phi) is 6.49. The van der Waals surface area contributed by atoms with Crippen molar-refractivity contribution in [2.24, 2.45) is 0 Å². The Labute approximate surface area is 196 Å². The Hall–Kier alpha value is -2.67. The van der Waals surface area contributed by atoms with Gasteiger partial charge in [-0.15, -0.1) is 0 Å². The van der Waals surface area contributed by atoms with Crippen molar-refractivity contribution in [3.05, 3.63) is 47.4 Å². The monoisotopic (exact) mass is 449 g/mol. The highest BCUT2D eigenvalue weighted by molar-refractivity contribution is 5.84. The quantitative estimate of drug-likeness (QED) is 0.676. The lowest BCUT2D eigenvalue weighted by atomic mass is 9.96. The maximum atomic E-state index is 13.7. The summed E-state index contributed by atoms with van der Waals surface area (Å²) in [5, 5.41) is 0. The molecule has 7 heteroatoms. The minimum Gasteiger partial charge on any atom is -0.497 e. The van der Waals surface area contributed by atoms with Gasteiger partial charge in [0.15, 0.2) is 0 Å². The second kappa shape index (κ2) is 9.67. The predicted molar refractivity (Wildman–Crippen MR) is 129 cm³/mol. The molecular weight excluding hydrogens is 414 g/mol. The molecular formula is C26H35N5O2. The number of ether oxygens (including phenoxy) is 1. The summed E-state index contributed by atoms with van der Waals surface area (Å²) in [4.78, 5) is 29.8. The molecule has 2 saturated heterocycles. The second-order valence-electron chi connectivity index (χ2n) is 9.64. The number of likely N-dealkylation sites (tertiary alicyclic amines) is 1. The Balaban J connectivity index is 1.30. The van der Waals surface area contributed by atoms with Crippen LogP contribution in [0.4, 0.5) is 5.82 Å². The maximum Gasteiger partial charge on any atom is 0.231 e. The first-order chi connectivity index (χ1) is 16.1. The first kappa shape index (κ1) is 22.1. The van der Waals surface area contributed by atoms with Crippen LogP contribution in [0.1, 0.15) is 54.8 Å². The average Bonchev–Trinajstić information content (AvgIpc) is 3.52. The van der Waals surface area contributed by atoms with E-state index in [1.54, 1.807) is 13.4 Å². The molecule has 1 amide bonds. The van der Waals surface area contributed by atoms with Gasteiger partial charge in [0.2, 0.25) is 5.91 Å². The van der Waals surface area contributed by atoms with Crippen LogP contribution in [0.15, 0.2) is 30.6 Å². The van der Waals surface area contributed by atoms with Crippen LogP contribution >= 0.6 is 0 Å². The summed E-state index contributed by atoms with van der Waals surface area (Å²) in [5.74, 6) is 2.53. The topological polar surface area (TPSA) is 61.8 Å². The van der Waals surface area contributed by atoms with Crippen molar-refractivity contribution in [3.8, 4) is 5.75 Å². The van der Waals surface area contributed by atoms with Crippen molar-refractivity contribution in [1.29, 1.82) is 0 Å². The molecule has 1 aromatic carbocycles. The smallest absolute Gasteiger partial charge is 0.231 e. The van der Waals surface area contributed by atoms with Gasteiger partial charge in [0.05, 0.1) is 13.0 Å². The number of hydrogen-bond donors (Lipinski definition) is 0. The molecule has 3 aliphatic rings. The number of hydrogen-bond acceptors (Lipinski definition) is 6. The number of carbonyl (C=O) groups is 1. The van der Waals surface area contributed by atoms with Gasteiger partial charge in [0, 0.05) is 44.0 Å². The van der Waals surface area contributed by atoms with Crippen molar-refractivity contribution in [3.63, 3.8) is 0 Å². The van der Waals surface area contributed by atoms with Crippen molar-refractivity contribution in [2.45, 2.75) is 44.4 Å². The standard InChI is InChI=1S/C26H35N5O2/c1-19-5-10-23-24(19)25(28-18-27-23)30-13-15-31(16-14-30)26(32)22(17-29-11-3-4-12-29)20-6-8-21(33-2)9-7-20/h6-9,18-19,22H,3-5,10-17H2,1-2H3/t19-,22?/m1/s1. The molecule has 1 aromatic heterocycles. The molecule has 0 bridgehead atoms. The lowest BCUT2D eigenvalue weighted by molar-refractivity contribution is -0.133. The molecule has 2 fully saturated rings. The van der Waals surface area contributed by atoms with Crippen LogP contribution < -0.4 is 9.64 Å². The third-order valence-corrected chi connectivity index (χ3v) is 7.60. The highest BCUT2D eigenvalue weighted by Crippen LogP contribution is 2.37. The fraction of sp³-hybridized carbons (Fsp3) is 0.577. The van der Waals surface area contributed by atoms with Crippen molar-refractivity contribution >= 4 is 11.7 Å². The van der Waals surface area contributed by atoms with E-state index in [9.17, 15) is 4.79 Å². The summed E-state index contributed by atoms with van der Waals surface area (Å²) in [5.41, 5.74) is 3.61. The summed E-state index contributed by atoms with van der Waals surface area (Å²) in [6, 6.07) is 8.04. The van der Waals surface area contributed by atoms with Gasteiger partial charge in [-0.25, -0.2) is 9.97 Å². The van der Waals surface area contributed by atoms with Gasteiger partial charge >= 0.3 is 0 Å². The Morgan fingerprint density at radius 2 is 1.79 bits per heavy atom. The molecule has 0 radical (unpaired) electrons. The second-order valence-corrected chi connectivity index (χ2v) is 9.64. The molecule has 2 aromatic rings. The molecule has 0 N–H and O–H groups in total. The zero-order valence-electron chi connectivity index (χ0n) is 19.9. The Bertz CT molecular complexity index is 965. The number of methoxy groups -OCH3 is 1. The molecule has 0 saturated carbocycles. The van der Waals surface area contributed by atoms with Crippen LogP contribution in [-0.2, 0) is 11.2 Å². The number of fused-ring (bicyclic) bond motifs is 1. The van der Waals surface area contributed by atoms with Crippen LogP contribution in [0, 0.1) is 0 Å². The number of piperazine rings is 1. The van der Waals surface area contributed by atoms with Crippen molar-refractivity contribution in [1.82, 2.24) is 19.8 Å². The van der Waals surface area contributed by atoms with Gasteiger partial charge in [-0.3, -0.25) is 4.79 Å². The lowest BCUT2D eigenvalue weighted by Crippen LogP contribution is -2.51.